The fourth-order valence-corrected chi connectivity index (χ4v) is 7.82. The lowest BCUT2D eigenvalue weighted by Gasteiger charge is -2.37. The summed E-state index contributed by atoms with van der Waals surface area (Å²) in [5.41, 5.74) is 0.272. The molecule has 7 N–H and O–H groups in total. The molecule has 3 aliphatic rings. The van der Waals surface area contributed by atoms with Gasteiger partial charge in [0, 0.05) is 37.2 Å². The monoisotopic (exact) mass is 670 g/mol. The number of pyridine rings is 1. The molecule has 2 fully saturated rings. The fourth-order valence-electron chi connectivity index (χ4n) is 5.54. The van der Waals surface area contributed by atoms with Crippen molar-refractivity contribution >= 4 is 39.8 Å². The van der Waals surface area contributed by atoms with Crippen molar-refractivity contribution < 1.29 is 57.9 Å². The summed E-state index contributed by atoms with van der Waals surface area (Å²) in [6, 6.07) is 4.61. The van der Waals surface area contributed by atoms with Crippen molar-refractivity contribution in [2.75, 3.05) is 13.2 Å². The van der Waals surface area contributed by atoms with Gasteiger partial charge in [0.15, 0.2) is 38.5 Å². The molecule has 2 saturated heterocycles. The number of nitrogens with one attached hydrogen (secondary N) is 2. The predicted molar refractivity (Wildman–Crippen MR) is 161 cm³/mol. The van der Waals surface area contributed by atoms with Gasteiger partial charge < -0.3 is 45.8 Å². The molecule has 0 spiro atoms. The van der Waals surface area contributed by atoms with E-state index in [4.69, 9.17) is 4.74 Å². The second-order valence-electron chi connectivity index (χ2n) is 11.4. The van der Waals surface area contributed by atoms with Crippen molar-refractivity contribution in [1.29, 1.82) is 0 Å². The molecule has 3 amide bonds. The van der Waals surface area contributed by atoms with Gasteiger partial charge in [-0.2, -0.15) is 0 Å². The number of aromatic hydroxyl groups is 2. The molecule has 1 unspecified atom stereocenters. The van der Waals surface area contributed by atoms with Crippen molar-refractivity contribution in [2.45, 2.75) is 36.1 Å². The Morgan fingerprint density at radius 1 is 1.11 bits per heavy atom. The topological polar surface area (TPSA) is 253 Å². The van der Waals surface area contributed by atoms with Crippen molar-refractivity contribution in [3.8, 4) is 11.5 Å². The summed E-state index contributed by atoms with van der Waals surface area (Å²) in [6.45, 7) is 0.113. The van der Waals surface area contributed by atoms with E-state index in [0.29, 0.717) is 10.5 Å². The maximum atomic E-state index is 13.8. The number of aromatic nitrogens is 1. The molecule has 47 heavy (non-hydrogen) atoms. The minimum atomic E-state index is -4.52. The molecular formula is C30H30N4O12S. The van der Waals surface area contributed by atoms with Crippen molar-refractivity contribution in [3.63, 3.8) is 0 Å². The first-order valence-corrected chi connectivity index (χ1v) is 15.6. The molecule has 1 aromatic heterocycles. The zero-order valence-electron chi connectivity index (χ0n) is 24.7. The Labute approximate surface area is 267 Å². The number of aliphatic carboxylic acids is 1. The number of fused-ring (bicyclic) bond motifs is 1. The van der Waals surface area contributed by atoms with Crippen LogP contribution in [0.1, 0.15) is 35.0 Å². The van der Waals surface area contributed by atoms with Crippen LogP contribution in [0.2, 0.25) is 0 Å². The third kappa shape index (κ3) is 6.04. The highest BCUT2D eigenvalue weighted by atomic mass is 32.2. The van der Waals surface area contributed by atoms with E-state index >= 15 is 0 Å². The van der Waals surface area contributed by atoms with Crippen LogP contribution in [0.4, 0.5) is 4.79 Å². The molecule has 0 saturated carbocycles. The van der Waals surface area contributed by atoms with Crippen LogP contribution in [-0.2, 0) is 30.7 Å². The molecule has 17 heteroatoms. The Hall–Kier alpha value is -5.58. The smallest absolute Gasteiger partial charge is 0.407 e. The molecule has 0 radical (unpaired) electrons. The number of allylic oxidation sites excluding steroid dienone is 2. The van der Waals surface area contributed by atoms with Gasteiger partial charge in [0.25, 0.3) is 11.8 Å². The average Bonchev–Trinajstić information content (AvgIpc) is 3.19. The number of amides is 3. The maximum Gasteiger partial charge on any atom is 0.407 e. The standard InChI is InChI=1S/C30H30N4O12S/c1-30(14-46-29(43)33-13-16-3-5-21(36)23(38)9-16)24(28(41)42)34-26(40)19(27(34)47(30,44)45)11-18-10-17(6-7-31-18)25(39)32-12-15-2-4-20(35)22(37)8-15/h2-7,9-11,15,24,27,35-38H,8,12-14H2,1H3,(H,32,39)(H,33,43)(H,41,42)/b19-11-/t15?,24-,27+,30-/m0/s1. The molecule has 3 heterocycles. The second-order valence-corrected chi connectivity index (χ2v) is 13.8. The molecule has 1 aromatic carbocycles. The highest BCUT2D eigenvalue weighted by Gasteiger charge is 2.72. The number of hydrogen-bond donors (Lipinski definition) is 7. The van der Waals surface area contributed by atoms with Gasteiger partial charge in [0.1, 0.15) is 17.1 Å². The van der Waals surface area contributed by atoms with Crippen LogP contribution >= 0.6 is 0 Å². The molecule has 248 valence electrons. The number of phenolic OH excluding ortho intramolecular Hbond substituents is 2. The van der Waals surface area contributed by atoms with Gasteiger partial charge in [-0.1, -0.05) is 12.1 Å². The summed E-state index contributed by atoms with van der Waals surface area (Å²) in [7, 11) is -4.52. The number of carboxylic acids is 1. The number of β-lactam (4-membered cyclic amide) rings is 1. The summed E-state index contributed by atoms with van der Waals surface area (Å²) in [4.78, 5) is 55.4. The number of rotatable bonds is 9. The number of ether oxygens (including phenoxy) is 1. The number of sulfone groups is 1. The van der Waals surface area contributed by atoms with Gasteiger partial charge in [-0.05, 0) is 48.9 Å². The van der Waals surface area contributed by atoms with E-state index in [-0.39, 0.29) is 59.5 Å². The van der Waals surface area contributed by atoms with E-state index in [1.807, 2.05) is 0 Å². The van der Waals surface area contributed by atoms with E-state index in [0.717, 1.165) is 13.0 Å². The molecule has 2 aromatic rings. The Balaban J connectivity index is 1.29. The predicted octanol–water partition coefficient (Wildman–Crippen LogP) is 1.24. The van der Waals surface area contributed by atoms with Gasteiger partial charge in [0.05, 0.1) is 11.3 Å². The Kier molecular flexibility index (Phi) is 8.59. The summed E-state index contributed by atoms with van der Waals surface area (Å²) in [5.74, 6) is -4.55. The Bertz CT molecular complexity index is 1870. The van der Waals surface area contributed by atoms with E-state index in [9.17, 15) is 53.1 Å². The summed E-state index contributed by atoms with van der Waals surface area (Å²) in [6.07, 6.45) is 4.42. The first-order chi connectivity index (χ1) is 22.1. The quantitative estimate of drug-likeness (QED) is 0.113. The number of carbonyl (C=O) groups excluding carboxylic acids is 3. The van der Waals surface area contributed by atoms with E-state index in [1.54, 1.807) is 6.08 Å². The van der Waals surface area contributed by atoms with Crippen LogP contribution in [0.3, 0.4) is 0 Å². The highest BCUT2D eigenvalue weighted by Crippen LogP contribution is 2.49. The molecule has 2 aliphatic heterocycles. The van der Waals surface area contributed by atoms with Crippen LogP contribution < -0.4 is 10.6 Å². The highest BCUT2D eigenvalue weighted by molar-refractivity contribution is 7.94. The number of nitrogens with zero attached hydrogens (tertiary/aromatic N) is 2. The lowest BCUT2D eigenvalue weighted by molar-refractivity contribution is -0.153. The molecule has 5 rings (SSSR count). The number of carbonyl (C=O) groups is 4. The van der Waals surface area contributed by atoms with Gasteiger partial charge >= 0.3 is 12.1 Å². The van der Waals surface area contributed by atoms with E-state index in [2.05, 4.69) is 15.6 Å². The minimum Gasteiger partial charge on any atom is -0.508 e. The van der Waals surface area contributed by atoms with Gasteiger partial charge in [0.2, 0.25) is 0 Å². The van der Waals surface area contributed by atoms with Crippen molar-refractivity contribution in [2.24, 2.45) is 5.92 Å². The Morgan fingerprint density at radius 2 is 1.85 bits per heavy atom. The number of aliphatic hydroxyl groups is 2. The first-order valence-electron chi connectivity index (χ1n) is 14.1. The molecular weight excluding hydrogens is 640 g/mol. The average molecular weight is 671 g/mol. The van der Waals surface area contributed by atoms with Crippen LogP contribution in [0.25, 0.3) is 6.08 Å². The lowest BCUT2D eigenvalue weighted by atomic mass is 9.94. The van der Waals surface area contributed by atoms with Crippen LogP contribution in [-0.4, -0.2) is 97.0 Å². The number of aliphatic hydroxyl groups excluding tert-OH is 2. The zero-order chi connectivity index (χ0) is 34.3. The maximum absolute atomic E-state index is 13.8. The second kappa shape index (κ2) is 12.3. The third-order valence-electron chi connectivity index (χ3n) is 8.15. The molecule has 0 bridgehead atoms. The number of benzene rings is 1. The van der Waals surface area contributed by atoms with Crippen molar-refractivity contribution in [3.05, 3.63) is 82.6 Å². The molecule has 4 atom stereocenters. The number of carboxylic acid groups (broad SMARTS) is 1. The van der Waals surface area contributed by atoms with Crippen LogP contribution in [0.15, 0.2) is 65.8 Å². The largest absolute Gasteiger partial charge is 0.508 e. The van der Waals surface area contributed by atoms with E-state index in [1.165, 1.54) is 42.6 Å². The summed E-state index contributed by atoms with van der Waals surface area (Å²) in [5, 5.41) is 51.5. The van der Waals surface area contributed by atoms with E-state index < -0.39 is 62.2 Å². The normalized spacial score (nSPS) is 25.2. The summed E-state index contributed by atoms with van der Waals surface area (Å²) >= 11 is 0. The third-order valence-corrected chi connectivity index (χ3v) is 10.9. The number of phenols is 2. The SMILES string of the molecule is C[C@]1(COC(=O)NCc2ccc(O)c(O)c2)[C@H](C(=O)O)N2C(=O)/C(=C/c3cc(C(=O)NCC4C=CC(O)=C(O)C4)ccn3)[C@H]2S1(=O)=O. The molecule has 1 aliphatic carbocycles. The van der Waals surface area contributed by atoms with Crippen LogP contribution in [0.5, 0.6) is 11.5 Å². The summed E-state index contributed by atoms with van der Waals surface area (Å²) < 4.78 is 30.4. The van der Waals surface area contributed by atoms with Gasteiger partial charge in [-0.3, -0.25) is 14.6 Å². The Morgan fingerprint density at radius 3 is 2.53 bits per heavy atom. The first kappa shape index (κ1) is 32.8. The van der Waals surface area contributed by atoms with Crippen LogP contribution in [0, 0.1) is 5.92 Å². The minimum absolute atomic E-state index is 0.0512. The number of alkyl carbamates (subject to hydrolysis) is 1. The lowest BCUT2D eigenvalue weighted by Crippen LogP contribution is -2.59. The number of hydrogen-bond acceptors (Lipinski definition) is 12. The molecule has 16 nitrogen and oxygen atoms in total. The van der Waals surface area contributed by atoms with Crippen molar-refractivity contribution in [1.82, 2.24) is 20.5 Å². The zero-order valence-corrected chi connectivity index (χ0v) is 25.5. The van der Waals surface area contributed by atoms with Gasteiger partial charge in [-0.15, -0.1) is 0 Å². The van der Waals surface area contributed by atoms with Gasteiger partial charge in [-0.25, -0.2) is 18.0 Å². The fraction of sp³-hybridized carbons (Fsp3) is 0.300.